The number of hydrogen-bond donors (Lipinski definition) is 2. The molecule has 1 fully saturated rings. The molecular weight excluding hydrogens is 184 g/mol. The molecule has 0 saturated carbocycles. The van der Waals surface area contributed by atoms with Crippen LogP contribution in [0.5, 0.6) is 0 Å². The van der Waals surface area contributed by atoms with Crippen LogP contribution in [0.1, 0.15) is 23.1 Å². The van der Waals surface area contributed by atoms with Crippen LogP contribution < -0.4 is 10.6 Å². The first kappa shape index (κ1) is 10.7. The number of aryl methyl sites for hydroxylation is 2. The fraction of sp³-hybridized carbons (Fsp3) is 0.538. The summed E-state index contributed by atoms with van der Waals surface area (Å²) in [4.78, 5) is 0. The maximum absolute atomic E-state index is 3.59. The van der Waals surface area contributed by atoms with Crippen molar-refractivity contribution in [3.8, 4) is 0 Å². The molecule has 0 aliphatic carbocycles. The van der Waals surface area contributed by atoms with Gasteiger partial charge in [-0.3, -0.25) is 0 Å². The maximum Gasteiger partial charge on any atom is 0.0208 e. The van der Waals surface area contributed by atoms with Gasteiger partial charge in [0.1, 0.15) is 0 Å². The number of rotatable bonds is 3. The van der Waals surface area contributed by atoms with E-state index in [-0.39, 0.29) is 0 Å². The molecule has 15 heavy (non-hydrogen) atoms. The minimum absolute atomic E-state index is 0.658. The average molecular weight is 204 g/mol. The standard InChI is InChI=1S/C13H20N2/c1-10-5-11(2)7-12(6-10)8-15-13-3-4-14-9-13/h5-7,13-15H,3-4,8-9H2,1-2H3. The van der Waals surface area contributed by atoms with Crippen LogP contribution in [0.4, 0.5) is 0 Å². The molecule has 1 aliphatic heterocycles. The summed E-state index contributed by atoms with van der Waals surface area (Å²) in [5.41, 5.74) is 4.12. The molecule has 2 nitrogen and oxygen atoms in total. The van der Waals surface area contributed by atoms with Crippen LogP contribution in [-0.2, 0) is 6.54 Å². The lowest BCUT2D eigenvalue weighted by Crippen LogP contribution is -2.30. The Morgan fingerprint density at radius 1 is 1.27 bits per heavy atom. The Balaban J connectivity index is 1.92. The predicted octanol–water partition coefficient (Wildman–Crippen LogP) is 1.75. The van der Waals surface area contributed by atoms with E-state index in [4.69, 9.17) is 0 Å². The second-order valence-electron chi connectivity index (χ2n) is 4.57. The molecule has 0 radical (unpaired) electrons. The maximum atomic E-state index is 3.59. The smallest absolute Gasteiger partial charge is 0.0208 e. The second-order valence-corrected chi connectivity index (χ2v) is 4.57. The number of nitrogens with one attached hydrogen (secondary N) is 2. The van der Waals surface area contributed by atoms with Gasteiger partial charge in [0.2, 0.25) is 0 Å². The molecule has 2 N–H and O–H groups in total. The summed E-state index contributed by atoms with van der Waals surface area (Å²) in [5.74, 6) is 0. The topological polar surface area (TPSA) is 24.1 Å². The number of benzene rings is 1. The Hall–Kier alpha value is -0.860. The lowest BCUT2D eigenvalue weighted by Gasteiger charge is -2.12. The van der Waals surface area contributed by atoms with Crippen molar-refractivity contribution in [2.75, 3.05) is 13.1 Å². The molecule has 0 amide bonds. The van der Waals surface area contributed by atoms with Crippen LogP contribution in [0.3, 0.4) is 0 Å². The molecule has 82 valence electrons. The highest BCUT2D eigenvalue weighted by Gasteiger charge is 2.12. The van der Waals surface area contributed by atoms with Crippen LogP contribution in [-0.4, -0.2) is 19.1 Å². The van der Waals surface area contributed by atoms with Crippen molar-refractivity contribution in [3.05, 3.63) is 34.9 Å². The van der Waals surface area contributed by atoms with Crippen molar-refractivity contribution >= 4 is 0 Å². The molecule has 0 bridgehead atoms. The van der Waals surface area contributed by atoms with Crippen LogP contribution in [0.2, 0.25) is 0 Å². The first-order chi connectivity index (χ1) is 7.24. The minimum Gasteiger partial charge on any atom is -0.315 e. The zero-order chi connectivity index (χ0) is 10.7. The number of hydrogen-bond acceptors (Lipinski definition) is 2. The van der Waals surface area contributed by atoms with Crippen molar-refractivity contribution in [3.63, 3.8) is 0 Å². The summed E-state index contributed by atoms with van der Waals surface area (Å²) < 4.78 is 0. The predicted molar refractivity (Wildman–Crippen MR) is 64.0 cm³/mol. The van der Waals surface area contributed by atoms with Crippen molar-refractivity contribution < 1.29 is 0 Å². The normalized spacial score (nSPS) is 20.8. The van der Waals surface area contributed by atoms with E-state index in [2.05, 4.69) is 42.7 Å². The van der Waals surface area contributed by atoms with E-state index < -0.39 is 0 Å². The van der Waals surface area contributed by atoms with Crippen molar-refractivity contribution in [1.29, 1.82) is 0 Å². The van der Waals surface area contributed by atoms with Gasteiger partial charge in [-0.25, -0.2) is 0 Å². The van der Waals surface area contributed by atoms with Gasteiger partial charge in [-0.2, -0.15) is 0 Å². The molecule has 2 heteroatoms. The van der Waals surface area contributed by atoms with Gasteiger partial charge in [0.25, 0.3) is 0 Å². The molecule has 1 atom stereocenters. The molecule has 1 aromatic carbocycles. The molecule has 0 spiro atoms. The Labute approximate surface area is 92.1 Å². The fourth-order valence-corrected chi connectivity index (χ4v) is 2.26. The summed E-state index contributed by atoms with van der Waals surface area (Å²) >= 11 is 0. The largest absolute Gasteiger partial charge is 0.315 e. The van der Waals surface area contributed by atoms with Gasteiger partial charge in [-0.05, 0) is 32.4 Å². The van der Waals surface area contributed by atoms with Gasteiger partial charge in [-0.15, -0.1) is 0 Å². The Morgan fingerprint density at radius 3 is 2.60 bits per heavy atom. The van der Waals surface area contributed by atoms with E-state index in [0.29, 0.717) is 6.04 Å². The zero-order valence-corrected chi connectivity index (χ0v) is 9.64. The van der Waals surface area contributed by atoms with Gasteiger partial charge in [0.05, 0.1) is 0 Å². The Kier molecular flexibility index (Phi) is 3.39. The highest BCUT2D eigenvalue weighted by molar-refractivity contribution is 5.28. The van der Waals surface area contributed by atoms with Crippen LogP contribution in [0.15, 0.2) is 18.2 Å². The molecule has 1 aliphatic rings. The van der Waals surface area contributed by atoms with Gasteiger partial charge >= 0.3 is 0 Å². The van der Waals surface area contributed by atoms with E-state index >= 15 is 0 Å². The Bertz CT molecular complexity index is 307. The van der Waals surface area contributed by atoms with E-state index in [1.54, 1.807) is 0 Å². The van der Waals surface area contributed by atoms with Gasteiger partial charge in [0.15, 0.2) is 0 Å². The summed E-state index contributed by atoms with van der Waals surface area (Å²) in [6, 6.07) is 7.41. The first-order valence-electron chi connectivity index (χ1n) is 5.75. The van der Waals surface area contributed by atoms with E-state index in [1.165, 1.54) is 23.1 Å². The molecule has 1 unspecified atom stereocenters. The fourth-order valence-electron chi connectivity index (χ4n) is 2.26. The van der Waals surface area contributed by atoms with Gasteiger partial charge in [-0.1, -0.05) is 29.3 Å². The van der Waals surface area contributed by atoms with E-state index in [1.807, 2.05) is 0 Å². The van der Waals surface area contributed by atoms with Crippen LogP contribution >= 0.6 is 0 Å². The average Bonchev–Trinajstić information content (AvgIpc) is 2.65. The Morgan fingerprint density at radius 2 is 2.00 bits per heavy atom. The third-order valence-corrected chi connectivity index (χ3v) is 2.94. The summed E-state index contributed by atoms with van der Waals surface area (Å²) in [6.45, 7) is 7.59. The summed E-state index contributed by atoms with van der Waals surface area (Å²) in [6.07, 6.45) is 1.25. The highest BCUT2D eigenvalue weighted by atomic mass is 15.0. The quantitative estimate of drug-likeness (QED) is 0.784. The van der Waals surface area contributed by atoms with E-state index in [0.717, 1.165) is 19.6 Å². The SMILES string of the molecule is Cc1cc(C)cc(CNC2CCNC2)c1. The van der Waals surface area contributed by atoms with Crippen molar-refractivity contribution in [2.45, 2.75) is 32.9 Å². The third-order valence-electron chi connectivity index (χ3n) is 2.94. The molecule has 0 aromatic heterocycles. The molecule has 2 rings (SSSR count). The molecule has 1 heterocycles. The monoisotopic (exact) mass is 204 g/mol. The second kappa shape index (κ2) is 4.77. The lowest BCUT2D eigenvalue weighted by atomic mass is 10.1. The van der Waals surface area contributed by atoms with Crippen molar-refractivity contribution in [2.24, 2.45) is 0 Å². The minimum atomic E-state index is 0.658. The van der Waals surface area contributed by atoms with Gasteiger partial charge < -0.3 is 10.6 Å². The van der Waals surface area contributed by atoms with Crippen LogP contribution in [0.25, 0.3) is 0 Å². The molecule has 1 saturated heterocycles. The zero-order valence-electron chi connectivity index (χ0n) is 9.64. The van der Waals surface area contributed by atoms with Gasteiger partial charge in [0, 0.05) is 19.1 Å². The van der Waals surface area contributed by atoms with Crippen molar-refractivity contribution in [1.82, 2.24) is 10.6 Å². The molecule has 1 aromatic rings. The summed E-state index contributed by atoms with van der Waals surface area (Å²) in [5, 5.41) is 6.96. The lowest BCUT2D eigenvalue weighted by molar-refractivity contribution is 0.547. The first-order valence-corrected chi connectivity index (χ1v) is 5.75. The van der Waals surface area contributed by atoms with Crippen LogP contribution in [0, 0.1) is 13.8 Å². The highest BCUT2D eigenvalue weighted by Crippen LogP contribution is 2.09. The van der Waals surface area contributed by atoms with E-state index in [9.17, 15) is 0 Å². The third kappa shape index (κ3) is 3.05. The summed E-state index contributed by atoms with van der Waals surface area (Å²) in [7, 11) is 0. The molecular formula is C13H20N2.